The van der Waals surface area contributed by atoms with Crippen LogP contribution >= 0.6 is 11.8 Å². The summed E-state index contributed by atoms with van der Waals surface area (Å²) in [6.07, 6.45) is 16.8. The van der Waals surface area contributed by atoms with E-state index in [1.165, 1.54) is 120 Å². The topological polar surface area (TPSA) is 101 Å². The van der Waals surface area contributed by atoms with E-state index in [1.54, 1.807) is 0 Å². The van der Waals surface area contributed by atoms with Crippen LogP contribution in [0, 0.1) is 48.5 Å². The van der Waals surface area contributed by atoms with E-state index in [-0.39, 0.29) is 38.4 Å². The number of hydrogen-bond acceptors (Lipinski definition) is 6. The van der Waals surface area contributed by atoms with Crippen molar-refractivity contribution in [2.45, 2.75) is 320 Å². The molecule has 6 heteroatoms. The highest BCUT2D eigenvalue weighted by molar-refractivity contribution is 7.99. The van der Waals surface area contributed by atoms with Crippen LogP contribution in [0.3, 0.4) is 0 Å². The lowest BCUT2D eigenvalue weighted by Crippen LogP contribution is -2.19. The second-order valence-electron chi connectivity index (χ2n) is 34.2. The first-order valence-corrected chi connectivity index (χ1v) is 36.3. The molecule has 92 heavy (non-hydrogen) atoms. The maximum Gasteiger partial charge on any atom is 0.123 e. The Morgan fingerprint density at radius 3 is 0.837 bits per heavy atom. The van der Waals surface area contributed by atoms with Gasteiger partial charge in [0.1, 0.15) is 28.7 Å². The summed E-state index contributed by atoms with van der Waals surface area (Å²) in [7, 11) is 0. The highest BCUT2D eigenvalue weighted by Crippen LogP contribution is 2.47. The first-order chi connectivity index (χ1) is 42.3. The Kier molecular flexibility index (Phi) is 26.1. The lowest BCUT2D eigenvalue weighted by molar-refractivity contribution is 0.422. The first kappa shape index (κ1) is 77.4. The van der Waals surface area contributed by atoms with Crippen molar-refractivity contribution < 1.29 is 25.5 Å². The Hall–Kier alpha value is -5.33. The fraction of sp³-hybridized carbons (Fsp3) is 0.581. The molecule has 1 atom stereocenters. The van der Waals surface area contributed by atoms with Crippen LogP contribution < -0.4 is 0 Å². The van der Waals surface area contributed by atoms with Crippen molar-refractivity contribution in [1.29, 1.82) is 0 Å². The number of phenolic OH excluding ortho intramolecular Hbond substituents is 5. The smallest absolute Gasteiger partial charge is 0.123 e. The predicted molar refractivity (Wildman–Crippen MR) is 401 cm³/mol. The molecule has 0 aromatic heterocycles. The zero-order valence-corrected chi connectivity index (χ0v) is 64.0. The monoisotopic (exact) mass is 1270 g/mol. The number of unbranched alkanes of at least 4 members (excludes halogenated alkanes) is 9. The minimum absolute atomic E-state index is 0.0255. The van der Waals surface area contributed by atoms with Gasteiger partial charge in [0.05, 0.1) is 0 Å². The molecule has 0 bridgehead atoms. The molecule has 0 fully saturated rings. The van der Waals surface area contributed by atoms with Crippen LogP contribution in [0.4, 0.5) is 0 Å². The second kappa shape index (κ2) is 31.0. The summed E-state index contributed by atoms with van der Waals surface area (Å²) in [6.45, 7) is 58.9. The van der Waals surface area contributed by atoms with E-state index < -0.39 is 0 Å². The first-order valence-electron chi connectivity index (χ1n) is 35.2. The number of aryl methyl sites for hydroxylation is 4. The Morgan fingerprint density at radius 1 is 0.337 bits per heavy atom. The van der Waals surface area contributed by atoms with Crippen LogP contribution in [0.25, 0.3) is 0 Å². The van der Waals surface area contributed by atoms with Gasteiger partial charge in [0.25, 0.3) is 0 Å². The molecular formula is C86H128O5S. The molecule has 6 aromatic carbocycles. The molecular weight excluding hydrogens is 1150 g/mol. The molecule has 0 aliphatic rings. The highest BCUT2D eigenvalue weighted by atomic mass is 32.2. The molecule has 5 nitrogen and oxygen atoms in total. The van der Waals surface area contributed by atoms with Crippen LogP contribution in [-0.2, 0) is 51.8 Å². The summed E-state index contributed by atoms with van der Waals surface area (Å²) in [5.74, 6) is 3.11. The molecule has 0 saturated carbocycles. The van der Waals surface area contributed by atoms with E-state index in [0.29, 0.717) is 34.0 Å². The largest absolute Gasteiger partial charge is 0.507 e. The quantitative estimate of drug-likeness (QED) is 0.0434. The summed E-state index contributed by atoms with van der Waals surface area (Å²) >= 11 is 2.04. The standard InChI is InChI=1S/C54H78O3.C32H50O2S/c1-31-37(22-34-25-40(49(4,5)6)46(55)41(26-34)50(7,8)9)32(2)39(24-36-29-44(53(16,17)18)48(57)45(30-36)54(19,20)21)33(3)38(31)23-35-27-42(51(10,11)12)47(56)43(28-35)52(13,14)15;1-7-8-9-10-11-12-13-14-15-16-17-35-27(6)22-28(29-20-23(2)18-25(4)31(29)33)30-21-24(3)19-26(5)32(30)34/h25-30,55-57H,22-24H2,1-21H3;18-21,27-28,33-34H,7-17,22H2,1-6H3. The Morgan fingerprint density at radius 2 is 0.587 bits per heavy atom. The van der Waals surface area contributed by atoms with Crippen molar-refractivity contribution in [3.63, 3.8) is 0 Å². The van der Waals surface area contributed by atoms with Gasteiger partial charge in [0.15, 0.2) is 0 Å². The molecule has 6 rings (SSSR count). The normalized spacial score (nSPS) is 13.0. The number of hydrogen-bond donors (Lipinski definition) is 5. The van der Waals surface area contributed by atoms with E-state index in [9.17, 15) is 25.5 Å². The average molecular weight is 1270 g/mol. The molecule has 6 aromatic rings. The highest BCUT2D eigenvalue weighted by Gasteiger charge is 2.32. The zero-order valence-electron chi connectivity index (χ0n) is 63.2. The van der Waals surface area contributed by atoms with Gasteiger partial charge in [-0.25, -0.2) is 0 Å². The summed E-state index contributed by atoms with van der Waals surface area (Å²) in [5, 5.41) is 57.3. The van der Waals surface area contributed by atoms with Crippen molar-refractivity contribution in [2.24, 2.45) is 0 Å². The van der Waals surface area contributed by atoms with Crippen LogP contribution in [0.2, 0.25) is 0 Å². The minimum atomic E-state index is -0.226. The van der Waals surface area contributed by atoms with Gasteiger partial charge in [-0.05, 0) is 213 Å². The maximum atomic E-state index is 11.6. The second-order valence-corrected chi connectivity index (χ2v) is 35.7. The molecule has 0 aliphatic carbocycles. The Labute approximate surface area is 566 Å². The number of rotatable bonds is 22. The predicted octanol–water partition coefficient (Wildman–Crippen LogP) is 24.2. The van der Waals surface area contributed by atoms with E-state index in [4.69, 9.17) is 0 Å². The summed E-state index contributed by atoms with van der Waals surface area (Å²) < 4.78 is 0. The van der Waals surface area contributed by atoms with Gasteiger partial charge < -0.3 is 25.5 Å². The van der Waals surface area contributed by atoms with Gasteiger partial charge in [-0.3, -0.25) is 0 Å². The molecule has 0 saturated heterocycles. The van der Waals surface area contributed by atoms with Crippen LogP contribution in [0.1, 0.15) is 332 Å². The minimum Gasteiger partial charge on any atom is -0.507 e. The van der Waals surface area contributed by atoms with Crippen molar-refractivity contribution in [2.75, 3.05) is 5.75 Å². The van der Waals surface area contributed by atoms with Crippen molar-refractivity contribution >= 4 is 11.8 Å². The SMILES string of the molecule is CCCCCCCCCCCCSC(C)CC(c1cc(C)cc(C)c1O)c1cc(C)cc(C)c1O.Cc1c(Cc2cc(C(C)(C)C)c(O)c(C(C)(C)C)c2)c(C)c(Cc2cc(C(C)(C)C)c(O)c(C(C)(C)C)c2)c(C)c1Cc1cc(C(C)(C)C)c(O)c(C(C)(C)C)c1. The summed E-state index contributed by atoms with van der Waals surface area (Å²) in [4.78, 5) is 0. The van der Waals surface area contributed by atoms with E-state index in [2.05, 4.69) is 222 Å². The number of aromatic hydroxyl groups is 5. The van der Waals surface area contributed by atoms with Crippen molar-refractivity contribution in [3.8, 4) is 28.7 Å². The number of phenols is 5. The summed E-state index contributed by atoms with van der Waals surface area (Å²) in [5.41, 5.74) is 22.0. The molecule has 0 aliphatic heterocycles. The molecule has 5 N–H and O–H groups in total. The third-order valence-electron chi connectivity index (χ3n) is 19.4. The number of benzene rings is 6. The van der Waals surface area contributed by atoms with Gasteiger partial charge >= 0.3 is 0 Å². The van der Waals surface area contributed by atoms with Gasteiger partial charge in [0.2, 0.25) is 0 Å². The summed E-state index contributed by atoms with van der Waals surface area (Å²) in [6, 6.07) is 21.7. The molecule has 0 spiro atoms. The van der Waals surface area contributed by atoms with Gasteiger partial charge in [-0.15, -0.1) is 0 Å². The van der Waals surface area contributed by atoms with E-state index in [1.807, 2.05) is 37.7 Å². The lowest BCUT2D eigenvalue weighted by atomic mass is 9.75. The Bertz CT molecular complexity index is 3050. The van der Waals surface area contributed by atoms with Gasteiger partial charge in [-0.1, -0.05) is 268 Å². The maximum absolute atomic E-state index is 11.6. The van der Waals surface area contributed by atoms with E-state index >= 15 is 0 Å². The molecule has 1 unspecified atom stereocenters. The fourth-order valence-corrected chi connectivity index (χ4v) is 14.9. The fourth-order valence-electron chi connectivity index (χ4n) is 13.8. The van der Waals surface area contributed by atoms with Crippen LogP contribution in [0.5, 0.6) is 28.7 Å². The molecule has 508 valence electrons. The molecule has 0 radical (unpaired) electrons. The average Bonchev–Trinajstić information content (AvgIpc) is 0.771. The van der Waals surface area contributed by atoms with Crippen molar-refractivity contribution in [3.05, 3.63) is 177 Å². The van der Waals surface area contributed by atoms with Crippen molar-refractivity contribution in [1.82, 2.24) is 0 Å². The third kappa shape index (κ3) is 20.1. The lowest BCUT2D eigenvalue weighted by Gasteiger charge is -2.30. The zero-order chi connectivity index (χ0) is 69.6. The Balaban J connectivity index is 0.000000375. The third-order valence-corrected chi connectivity index (χ3v) is 20.7. The van der Waals surface area contributed by atoms with E-state index in [0.717, 1.165) is 92.4 Å². The number of thioether (sulfide) groups is 1. The van der Waals surface area contributed by atoms with Gasteiger partial charge in [0, 0.05) is 22.3 Å². The van der Waals surface area contributed by atoms with Crippen LogP contribution in [0.15, 0.2) is 60.7 Å². The van der Waals surface area contributed by atoms with Gasteiger partial charge in [-0.2, -0.15) is 11.8 Å². The molecule has 0 heterocycles. The molecule has 0 amide bonds. The van der Waals surface area contributed by atoms with Crippen LogP contribution in [-0.4, -0.2) is 36.5 Å².